The van der Waals surface area contributed by atoms with Gasteiger partial charge in [0.15, 0.2) is 11.6 Å². The lowest BCUT2D eigenvalue weighted by atomic mass is 10.2. The number of pyridine rings is 1. The summed E-state index contributed by atoms with van der Waals surface area (Å²) in [7, 11) is -4.32. The highest BCUT2D eigenvalue weighted by molar-refractivity contribution is 7.52. The van der Waals surface area contributed by atoms with Gasteiger partial charge in [0.1, 0.15) is 17.3 Å². The Morgan fingerprint density at radius 1 is 1.16 bits per heavy atom. The number of benzene rings is 2. The molecule has 4 N–H and O–H groups in total. The van der Waals surface area contributed by atoms with E-state index in [1.54, 1.807) is 48.7 Å². The fourth-order valence-corrected chi connectivity index (χ4v) is 5.54. The highest BCUT2D eigenvalue weighted by atomic mass is 31.2. The summed E-state index contributed by atoms with van der Waals surface area (Å²) >= 11 is 0. The number of nitrogens with zero attached hydrogens (tertiary/aromatic N) is 3. The van der Waals surface area contributed by atoms with Crippen molar-refractivity contribution in [1.82, 2.24) is 19.6 Å². The number of imidazole rings is 1. The third kappa shape index (κ3) is 6.26. The van der Waals surface area contributed by atoms with E-state index in [4.69, 9.17) is 19.5 Å². The van der Waals surface area contributed by atoms with Crippen molar-refractivity contribution >= 4 is 41.5 Å². The summed E-state index contributed by atoms with van der Waals surface area (Å²) < 4.78 is 32.1. The summed E-state index contributed by atoms with van der Waals surface area (Å²) in [5, 5.41) is 14.6. The van der Waals surface area contributed by atoms with Crippen LogP contribution in [0.3, 0.4) is 0 Å². The minimum absolute atomic E-state index is 0.189. The number of hydrogen-bond acceptors (Lipinski definition) is 9. The van der Waals surface area contributed by atoms with Gasteiger partial charge < -0.3 is 24.7 Å². The van der Waals surface area contributed by atoms with Gasteiger partial charge >= 0.3 is 13.7 Å². The Bertz CT molecular complexity index is 1460. The molecule has 4 rings (SSSR count). The molecule has 37 heavy (non-hydrogen) atoms. The van der Waals surface area contributed by atoms with Gasteiger partial charge in [-0.1, -0.05) is 36.4 Å². The van der Waals surface area contributed by atoms with Crippen LogP contribution in [0.15, 0.2) is 60.9 Å². The molecule has 0 bridgehead atoms. The molecule has 0 aliphatic carbocycles. The van der Waals surface area contributed by atoms with Gasteiger partial charge in [-0.15, -0.1) is 0 Å². The van der Waals surface area contributed by atoms with Crippen LogP contribution in [0, 0.1) is 0 Å². The lowest BCUT2D eigenvalue weighted by molar-refractivity contribution is -0.150. The number of nitrogen functional groups attached to an aromatic ring is 1. The van der Waals surface area contributed by atoms with E-state index >= 15 is 0 Å². The number of para-hydroxylation sites is 2. The molecule has 12 heteroatoms. The van der Waals surface area contributed by atoms with Gasteiger partial charge in [-0.3, -0.25) is 9.32 Å². The first-order valence-corrected chi connectivity index (χ1v) is 13.3. The van der Waals surface area contributed by atoms with E-state index in [1.165, 1.54) is 20.2 Å². The van der Waals surface area contributed by atoms with Crippen molar-refractivity contribution in [3.05, 3.63) is 60.9 Å². The zero-order chi connectivity index (χ0) is 26.8. The second-order valence-corrected chi connectivity index (χ2v) is 10.7. The summed E-state index contributed by atoms with van der Waals surface area (Å²) in [4.78, 5) is 21.1. The molecule has 1 unspecified atom stereocenters. The Hall–Kier alpha value is -3.50. The Labute approximate surface area is 214 Å². The monoisotopic (exact) mass is 527 g/mol. The quantitative estimate of drug-likeness (QED) is 0.157. The fraction of sp³-hybridized carbons (Fsp3) is 0.320. The van der Waals surface area contributed by atoms with Crippen molar-refractivity contribution in [2.24, 2.45) is 0 Å². The number of ether oxygens (including phenoxy) is 1. The Kier molecular flexibility index (Phi) is 7.52. The van der Waals surface area contributed by atoms with Crippen molar-refractivity contribution in [1.29, 1.82) is 0 Å². The number of fused-ring (bicyclic) bond motifs is 3. The smallest absolute Gasteiger partial charge is 0.462 e. The number of carbonyl (C=O) groups is 1. The summed E-state index contributed by atoms with van der Waals surface area (Å²) in [6.45, 7) is 6.02. The van der Waals surface area contributed by atoms with E-state index in [1.807, 2.05) is 24.3 Å². The maximum Gasteiger partial charge on any atom is 0.462 e. The number of hydrogen-bond donors (Lipinski definition) is 3. The number of anilines is 1. The van der Waals surface area contributed by atoms with E-state index < -0.39 is 25.5 Å². The first-order chi connectivity index (χ1) is 17.5. The molecule has 0 fully saturated rings. The van der Waals surface area contributed by atoms with Gasteiger partial charge in [0, 0.05) is 5.39 Å². The van der Waals surface area contributed by atoms with Crippen LogP contribution in [-0.2, 0) is 25.2 Å². The Morgan fingerprint density at radius 2 is 1.84 bits per heavy atom. The third-order valence-corrected chi connectivity index (χ3v) is 7.08. The van der Waals surface area contributed by atoms with Crippen molar-refractivity contribution in [3.8, 4) is 5.75 Å². The predicted octanol–water partition coefficient (Wildman–Crippen LogP) is 4.01. The average Bonchev–Trinajstić information content (AvgIpc) is 3.22. The summed E-state index contributed by atoms with van der Waals surface area (Å²) in [6, 6.07) is 14.6. The molecule has 4 aromatic rings. The topological polar surface area (TPSA) is 151 Å². The highest BCUT2D eigenvalue weighted by Gasteiger charge is 2.40. The van der Waals surface area contributed by atoms with Crippen LogP contribution in [0.2, 0.25) is 0 Å². The number of rotatable bonds is 10. The lowest BCUT2D eigenvalue weighted by Crippen LogP contribution is -2.40. The lowest BCUT2D eigenvalue weighted by Gasteiger charge is -2.30. The molecular formula is C25H30N5O6P. The zero-order valence-corrected chi connectivity index (χ0v) is 21.9. The molecule has 0 saturated heterocycles. The maximum absolute atomic E-state index is 13.9. The molecule has 196 valence electrons. The zero-order valence-electron chi connectivity index (χ0n) is 21.0. The fourth-order valence-electron chi connectivity index (χ4n) is 3.85. The molecule has 11 nitrogen and oxygen atoms in total. The van der Waals surface area contributed by atoms with Gasteiger partial charge in [0.25, 0.3) is 0 Å². The second kappa shape index (κ2) is 10.5. The van der Waals surface area contributed by atoms with Crippen molar-refractivity contribution in [2.75, 3.05) is 5.73 Å². The second-order valence-electron chi connectivity index (χ2n) is 9.09. The minimum atomic E-state index is -4.32. The molecule has 2 aromatic heterocycles. The summed E-state index contributed by atoms with van der Waals surface area (Å²) in [5.74, 6) is -2.22. The molecule has 0 saturated carbocycles. The molecule has 0 aliphatic heterocycles. The Morgan fingerprint density at radius 3 is 2.54 bits per heavy atom. The van der Waals surface area contributed by atoms with Crippen LogP contribution < -0.4 is 15.3 Å². The summed E-state index contributed by atoms with van der Waals surface area (Å²) in [5.41, 5.74) is 7.86. The Balaban J connectivity index is 1.65. The van der Waals surface area contributed by atoms with E-state index in [0.29, 0.717) is 16.6 Å². The van der Waals surface area contributed by atoms with Crippen LogP contribution in [0.4, 0.5) is 5.82 Å². The molecule has 0 spiro atoms. The molecule has 0 aliphatic rings. The van der Waals surface area contributed by atoms with Crippen LogP contribution >= 0.6 is 7.75 Å². The van der Waals surface area contributed by atoms with Gasteiger partial charge in [0.05, 0.1) is 30.0 Å². The van der Waals surface area contributed by atoms with Crippen LogP contribution in [0.5, 0.6) is 5.75 Å². The van der Waals surface area contributed by atoms with Gasteiger partial charge in [-0.2, -0.15) is 5.09 Å². The van der Waals surface area contributed by atoms with E-state index in [2.05, 4.69) is 15.1 Å². The van der Waals surface area contributed by atoms with E-state index in [9.17, 15) is 14.5 Å². The molecule has 3 atom stereocenters. The number of aliphatic hydroxyl groups is 1. The SMILES string of the molecule is CC(C)OC(=O)[C@H](C)N[P@@](=O)(Oc1ccccc1)OC(C)(O)Cn1cnc2c(N)nc3ccccc3c21. The summed E-state index contributed by atoms with van der Waals surface area (Å²) in [6.07, 6.45) is 1.12. The van der Waals surface area contributed by atoms with E-state index in [-0.39, 0.29) is 24.2 Å². The van der Waals surface area contributed by atoms with Crippen molar-refractivity contribution in [2.45, 2.75) is 52.2 Å². The highest BCUT2D eigenvalue weighted by Crippen LogP contribution is 2.48. The third-order valence-electron chi connectivity index (χ3n) is 5.29. The number of nitrogens with one attached hydrogen (secondary N) is 1. The van der Waals surface area contributed by atoms with Crippen LogP contribution in [-0.4, -0.2) is 43.5 Å². The standard InChI is InChI=1S/C25H30N5O6P/c1-16(2)34-24(31)17(3)29-37(33,35-18-10-6-5-7-11-18)36-25(4,32)14-30-15-27-21-22(30)19-12-8-9-13-20(19)28-23(21)26/h5-13,15-17,32H,14H2,1-4H3,(H2,26,28)(H,29,33)/t17-,25?,37+/m0/s1. The average molecular weight is 528 g/mol. The first-order valence-electron chi connectivity index (χ1n) is 11.7. The molecule has 0 amide bonds. The normalized spacial score (nSPS) is 15.8. The van der Waals surface area contributed by atoms with Gasteiger partial charge in [0.2, 0.25) is 0 Å². The largest absolute Gasteiger partial charge is 0.462 e. The predicted molar refractivity (Wildman–Crippen MR) is 140 cm³/mol. The number of aromatic nitrogens is 3. The van der Waals surface area contributed by atoms with Gasteiger partial charge in [-0.05, 0) is 45.9 Å². The number of nitrogens with two attached hydrogens (primary N) is 1. The van der Waals surface area contributed by atoms with Crippen LogP contribution in [0.1, 0.15) is 27.7 Å². The number of carbonyl (C=O) groups excluding carboxylic acids is 1. The van der Waals surface area contributed by atoms with E-state index in [0.717, 1.165) is 5.39 Å². The maximum atomic E-state index is 13.9. The number of esters is 1. The van der Waals surface area contributed by atoms with Crippen molar-refractivity contribution < 1.29 is 28.3 Å². The molecular weight excluding hydrogens is 497 g/mol. The molecule has 2 heterocycles. The first kappa shape index (κ1) is 26.6. The van der Waals surface area contributed by atoms with Gasteiger partial charge in [-0.25, -0.2) is 14.5 Å². The molecule has 2 aromatic carbocycles. The van der Waals surface area contributed by atoms with Crippen LogP contribution in [0.25, 0.3) is 21.9 Å². The minimum Gasteiger partial charge on any atom is -0.462 e. The molecule has 0 radical (unpaired) electrons. The van der Waals surface area contributed by atoms with Crippen molar-refractivity contribution in [3.63, 3.8) is 0 Å².